The highest BCUT2D eigenvalue weighted by molar-refractivity contribution is 5.98. The van der Waals surface area contributed by atoms with Crippen molar-refractivity contribution in [1.29, 1.82) is 0 Å². The first-order valence-electron chi connectivity index (χ1n) is 9.23. The fourth-order valence-corrected chi connectivity index (χ4v) is 0.931. The first-order valence-corrected chi connectivity index (χ1v) is 9.23. The van der Waals surface area contributed by atoms with Crippen molar-refractivity contribution in [3.8, 4) is 0 Å². The molecule has 0 amide bonds. The zero-order valence-electron chi connectivity index (χ0n) is 20.2. The lowest BCUT2D eigenvalue weighted by Gasteiger charge is -1.89. The summed E-state index contributed by atoms with van der Waals surface area (Å²) in [6, 6.07) is 0. The molecular weight excluding hydrogens is 488 g/mol. The molecule has 0 unspecified atom stereocenters. The SMILES string of the molecule is CC(=O)/C=C/C(=O)CO.CC(=O)/C=C/C(=O)O.COC(=O)/C=C/C(=O)O.COC(=O)/C=C/C(=O)OC. The fraction of sp³-hybridized carbons (Fsp3) is 0.273. The summed E-state index contributed by atoms with van der Waals surface area (Å²) in [5, 5.41) is 24.0. The molecule has 0 bridgehead atoms. The average molecular weight is 516 g/mol. The summed E-state index contributed by atoms with van der Waals surface area (Å²) in [6.07, 6.45) is 7.53. The molecule has 0 radical (unpaired) electrons. The Balaban J connectivity index is -0.000000190. The second-order valence-corrected chi connectivity index (χ2v) is 5.43. The Bertz CT molecular complexity index is 805. The van der Waals surface area contributed by atoms with Gasteiger partial charge in [-0.2, -0.15) is 0 Å². The molecule has 14 heteroatoms. The van der Waals surface area contributed by atoms with E-state index >= 15 is 0 Å². The summed E-state index contributed by atoms with van der Waals surface area (Å²) in [4.78, 5) is 80.5. The maximum Gasteiger partial charge on any atom is 0.330 e. The van der Waals surface area contributed by atoms with Crippen LogP contribution in [0.1, 0.15) is 13.8 Å². The van der Waals surface area contributed by atoms with Crippen LogP contribution < -0.4 is 0 Å². The second kappa shape index (κ2) is 26.5. The number of ether oxygens (including phenoxy) is 3. The normalized spacial score (nSPS) is 9.61. The first-order chi connectivity index (χ1) is 16.7. The van der Waals surface area contributed by atoms with Gasteiger partial charge in [0.15, 0.2) is 17.3 Å². The molecule has 0 saturated carbocycles. The standard InChI is InChI=1S/C6H8O4.C6H8O3.C5H6O4.C5H6O3/c1-9-5(7)3-4-6(8)10-2;1-5(8)2-3-6(9)4-7;1-9-5(8)3-2-4(6)7;1-4(6)2-3-5(7)8/h3-4H,1-2H3;2-3,7H,4H2,1H3;2-3H,1H3,(H,6,7);2-3H,1H3,(H,7,8)/b4-3+;3*3-2+. The third-order valence-electron chi connectivity index (χ3n) is 2.44. The average Bonchev–Trinajstić information content (AvgIpc) is 2.83. The third-order valence-corrected chi connectivity index (χ3v) is 2.44. The number of carboxylic acid groups (broad SMARTS) is 2. The summed E-state index contributed by atoms with van der Waals surface area (Å²) in [5.74, 6) is -5.00. The van der Waals surface area contributed by atoms with E-state index in [0.717, 1.165) is 42.5 Å². The van der Waals surface area contributed by atoms with Crippen LogP contribution in [0.15, 0.2) is 48.6 Å². The molecule has 0 heterocycles. The number of ketones is 3. The van der Waals surface area contributed by atoms with Gasteiger partial charge in [-0.15, -0.1) is 0 Å². The quantitative estimate of drug-likeness (QED) is 0.201. The molecule has 0 aliphatic heterocycles. The predicted octanol–water partition coefficient (Wildman–Crippen LogP) is -0.402. The molecule has 0 saturated heterocycles. The largest absolute Gasteiger partial charge is 0.478 e. The van der Waals surface area contributed by atoms with Crippen molar-refractivity contribution in [2.75, 3.05) is 27.9 Å². The third kappa shape index (κ3) is 43.2. The van der Waals surface area contributed by atoms with Crippen LogP contribution in [0.3, 0.4) is 0 Å². The van der Waals surface area contributed by atoms with Crippen LogP contribution in [-0.4, -0.2) is 90.5 Å². The molecule has 36 heavy (non-hydrogen) atoms. The molecule has 0 aliphatic carbocycles. The Hall–Kier alpha value is -4.72. The van der Waals surface area contributed by atoms with Crippen LogP contribution in [0.2, 0.25) is 0 Å². The first kappa shape index (κ1) is 38.5. The van der Waals surface area contributed by atoms with Crippen molar-refractivity contribution in [2.45, 2.75) is 13.8 Å². The number of carbonyl (C=O) groups is 8. The zero-order chi connectivity index (χ0) is 29.1. The number of esters is 3. The van der Waals surface area contributed by atoms with E-state index in [1.54, 1.807) is 0 Å². The number of carboxylic acids is 2. The Kier molecular flexibility index (Phi) is 28.4. The van der Waals surface area contributed by atoms with Gasteiger partial charge < -0.3 is 29.5 Å². The Morgan fingerprint density at radius 2 is 0.806 bits per heavy atom. The van der Waals surface area contributed by atoms with Crippen LogP contribution >= 0.6 is 0 Å². The molecule has 0 fully saturated rings. The smallest absolute Gasteiger partial charge is 0.330 e. The number of hydrogen-bond acceptors (Lipinski definition) is 12. The highest BCUT2D eigenvalue weighted by Gasteiger charge is 1.94. The summed E-state index contributed by atoms with van der Waals surface area (Å²) in [7, 11) is 3.63. The molecular formula is C22H28O14. The molecule has 0 rings (SSSR count). The van der Waals surface area contributed by atoms with E-state index in [1.165, 1.54) is 35.2 Å². The minimum absolute atomic E-state index is 0.197. The van der Waals surface area contributed by atoms with E-state index in [4.69, 9.17) is 15.3 Å². The molecule has 3 N–H and O–H groups in total. The monoisotopic (exact) mass is 516 g/mol. The number of hydrogen-bond donors (Lipinski definition) is 3. The Morgan fingerprint density at radius 1 is 0.528 bits per heavy atom. The molecule has 0 aromatic rings. The number of aliphatic hydroxyl groups is 1. The van der Waals surface area contributed by atoms with Gasteiger partial charge in [-0.25, -0.2) is 24.0 Å². The summed E-state index contributed by atoms with van der Waals surface area (Å²) in [6.45, 7) is 2.09. The Labute approximate surface area is 206 Å². The molecule has 0 aromatic carbocycles. The highest BCUT2D eigenvalue weighted by Crippen LogP contribution is 1.80. The number of carbonyl (C=O) groups excluding carboxylic acids is 6. The predicted molar refractivity (Wildman–Crippen MR) is 121 cm³/mol. The minimum atomic E-state index is -1.17. The number of aliphatic carboxylic acids is 2. The van der Waals surface area contributed by atoms with Crippen LogP contribution in [-0.2, 0) is 52.6 Å². The number of methoxy groups -OCH3 is 3. The van der Waals surface area contributed by atoms with Crippen molar-refractivity contribution >= 4 is 47.2 Å². The molecule has 14 nitrogen and oxygen atoms in total. The maximum atomic E-state index is 10.3. The lowest BCUT2D eigenvalue weighted by molar-refractivity contribution is -0.137. The van der Waals surface area contributed by atoms with Gasteiger partial charge in [0.1, 0.15) is 6.61 Å². The van der Waals surface area contributed by atoms with Gasteiger partial charge >= 0.3 is 29.8 Å². The van der Waals surface area contributed by atoms with E-state index in [-0.39, 0.29) is 11.6 Å². The zero-order valence-corrected chi connectivity index (χ0v) is 20.2. The number of aliphatic hydroxyl groups excluding tert-OH is 1. The van der Waals surface area contributed by atoms with Crippen molar-refractivity contribution < 1.29 is 67.9 Å². The van der Waals surface area contributed by atoms with Gasteiger partial charge in [-0.3, -0.25) is 14.4 Å². The number of allylic oxidation sites excluding steroid dienone is 2. The number of rotatable bonds is 9. The van der Waals surface area contributed by atoms with Crippen LogP contribution in [0.5, 0.6) is 0 Å². The van der Waals surface area contributed by atoms with E-state index in [2.05, 4.69) is 14.2 Å². The van der Waals surface area contributed by atoms with Gasteiger partial charge in [0, 0.05) is 30.4 Å². The lowest BCUT2D eigenvalue weighted by Crippen LogP contribution is -1.98. The van der Waals surface area contributed by atoms with Crippen LogP contribution in [0.25, 0.3) is 0 Å². The van der Waals surface area contributed by atoms with Crippen molar-refractivity contribution in [3.63, 3.8) is 0 Å². The van der Waals surface area contributed by atoms with Gasteiger partial charge in [0.05, 0.1) is 21.3 Å². The molecule has 0 atom stereocenters. The Morgan fingerprint density at radius 3 is 1.03 bits per heavy atom. The topological polar surface area (TPSA) is 225 Å². The van der Waals surface area contributed by atoms with E-state index < -0.39 is 42.2 Å². The highest BCUT2D eigenvalue weighted by atomic mass is 16.5. The van der Waals surface area contributed by atoms with E-state index in [0.29, 0.717) is 6.08 Å². The van der Waals surface area contributed by atoms with Crippen molar-refractivity contribution in [2.24, 2.45) is 0 Å². The van der Waals surface area contributed by atoms with Crippen molar-refractivity contribution in [3.05, 3.63) is 48.6 Å². The van der Waals surface area contributed by atoms with Gasteiger partial charge in [-0.1, -0.05) is 0 Å². The molecule has 0 aliphatic rings. The summed E-state index contributed by atoms with van der Waals surface area (Å²) in [5.41, 5.74) is 0. The molecule has 200 valence electrons. The van der Waals surface area contributed by atoms with Crippen LogP contribution in [0, 0.1) is 0 Å². The maximum absolute atomic E-state index is 10.3. The van der Waals surface area contributed by atoms with Crippen molar-refractivity contribution in [1.82, 2.24) is 0 Å². The lowest BCUT2D eigenvalue weighted by atomic mass is 10.3. The van der Waals surface area contributed by atoms with Crippen LogP contribution in [0.4, 0.5) is 0 Å². The second-order valence-electron chi connectivity index (χ2n) is 5.43. The minimum Gasteiger partial charge on any atom is -0.478 e. The van der Waals surface area contributed by atoms with E-state index in [1.807, 2.05) is 0 Å². The summed E-state index contributed by atoms with van der Waals surface area (Å²) < 4.78 is 12.5. The van der Waals surface area contributed by atoms with Gasteiger partial charge in [0.2, 0.25) is 0 Å². The van der Waals surface area contributed by atoms with Gasteiger partial charge in [0.25, 0.3) is 0 Å². The molecule has 0 spiro atoms. The fourth-order valence-electron chi connectivity index (χ4n) is 0.931. The summed E-state index contributed by atoms with van der Waals surface area (Å²) >= 11 is 0. The molecule has 0 aromatic heterocycles. The van der Waals surface area contributed by atoms with E-state index in [9.17, 15) is 38.4 Å². The van der Waals surface area contributed by atoms with Gasteiger partial charge in [-0.05, 0) is 32.1 Å².